The van der Waals surface area contributed by atoms with Crippen LogP contribution in [-0.4, -0.2) is 35.5 Å². The standard InChI is InChI=1S/C17H28N2O2/c1-13-5-3-4-6-17(13)21-12-16(20)11-18-9-15-8-7-14(2)19-10-15/h7-8,10,13,16-18,20H,3-6,9,11-12H2,1-2H3. The predicted molar refractivity (Wildman–Crippen MR) is 84.1 cm³/mol. The van der Waals surface area contributed by atoms with E-state index < -0.39 is 6.10 Å². The van der Waals surface area contributed by atoms with E-state index in [-0.39, 0.29) is 0 Å². The summed E-state index contributed by atoms with van der Waals surface area (Å²) in [5, 5.41) is 13.2. The Kier molecular flexibility index (Phi) is 6.61. The number of hydrogen-bond acceptors (Lipinski definition) is 4. The maximum absolute atomic E-state index is 9.99. The minimum absolute atomic E-state index is 0.328. The molecule has 1 aliphatic carbocycles. The lowest BCUT2D eigenvalue weighted by Crippen LogP contribution is -2.34. The van der Waals surface area contributed by atoms with Gasteiger partial charge in [0.1, 0.15) is 0 Å². The second-order valence-electron chi connectivity index (χ2n) is 6.23. The molecule has 118 valence electrons. The maximum Gasteiger partial charge on any atom is 0.0897 e. The predicted octanol–water partition coefficient (Wildman–Crippen LogP) is 2.44. The molecule has 0 radical (unpaired) electrons. The van der Waals surface area contributed by atoms with Crippen molar-refractivity contribution in [2.45, 2.75) is 58.3 Å². The van der Waals surface area contributed by atoms with Gasteiger partial charge in [-0.3, -0.25) is 4.98 Å². The molecule has 1 aromatic heterocycles. The lowest BCUT2D eigenvalue weighted by molar-refractivity contribution is -0.0452. The molecule has 1 aliphatic rings. The van der Waals surface area contributed by atoms with Crippen LogP contribution in [0.2, 0.25) is 0 Å². The highest BCUT2D eigenvalue weighted by Gasteiger charge is 2.22. The Morgan fingerprint density at radius 1 is 1.38 bits per heavy atom. The molecular formula is C17H28N2O2. The highest BCUT2D eigenvalue weighted by molar-refractivity contribution is 5.12. The molecule has 3 unspecified atom stereocenters. The molecular weight excluding hydrogens is 264 g/mol. The SMILES string of the molecule is Cc1ccc(CNCC(O)COC2CCCCC2C)cn1. The van der Waals surface area contributed by atoms with Gasteiger partial charge in [-0.25, -0.2) is 0 Å². The molecule has 0 amide bonds. The quantitative estimate of drug-likeness (QED) is 0.810. The number of aliphatic hydroxyl groups is 1. The molecule has 3 atom stereocenters. The number of aryl methyl sites for hydroxylation is 1. The summed E-state index contributed by atoms with van der Waals surface area (Å²) in [4.78, 5) is 4.26. The van der Waals surface area contributed by atoms with E-state index in [9.17, 15) is 5.11 Å². The summed E-state index contributed by atoms with van der Waals surface area (Å²) in [6, 6.07) is 4.06. The summed E-state index contributed by atoms with van der Waals surface area (Å²) >= 11 is 0. The minimum atomic E-state index is -0.447. The summed E-state index contributed by atoms with van der Waals surface area (Å²) in [6.45, 7) is 5.93. The fraction of sp³-hybridized carbons (Fsp3) is 0.706. The van der Waals surface area contributed by atoms with E-state index in [2.05, 4.69) is 23.3 Å². The fourth-order valence-electron chi connectivity index (χ4n) is 2.81. The van der Waals surface area contributed by atoms with Gasteiger partial charge in [-0.1, -0.05) is 25.8 Å². The maximum atomic E-state index is 9.99. The zero-order valence-electron chi connectivity index (χ0n) is 13.2. The van der Waals surface area contributed by atoms with Crippen LogP contribution in [0.1, 0.15) is 43.9 Å². The van der Waals surface area contributed by atoms with Crippen LogP contribution in [0.15, 0.2) is 18.3 Å². The Morgan fingerprint density at radius 2 is 2.19 bits per heavy atom. The summed E-state index contributed by atoms with van der Waals surface area (Å²) < 4.78 is 5.87. The largest absolute Gasteiger partial charge is 0.389 e. The Labute approximate surface area is 127 Å². The van der Waals surface area contributed by atoms with E-state index in [4.69, 9.17) is 4.74 Å². The van der Waals surface area contributed by atoms with Crippen LogP contribution in [-0.2, 0) is 11.3 Å². The van der Waals surface area contributed by atoms with Crippen molar-refractivity contribution in [3.8, 4) is 0 Å². The van der Waals surface area contributed by atoms with Crippen molar-refractivity contribution in [3.05, 3.63) is 29.6 Å². The Bertz CT molecular complexity index is 408. The molecule has 1 heterocycles. The zero-order chi connectivity index (χ0) is 15.1. The van der Waals surface area contributed by atoms with Gasteiger partial charge in [-0.2, -0.15) is 0 Å². The topological polar surface area (TPSA) is 54.4 Å². The monoisotopic (exact) mass is 292 g/mol. The fourth-order valence-corrected chi connectivity index (χ4v) is 2.81. The highest BCUT2D eigenvalue weighted by Crippen LogP contribution is 2.26. The summed E-state index contributed by atoms with van der Waals surface area (Å²) in [5.41, 5.74) is 2.16. The number of rotatable bonds is 7. The molecule has 0 saturated heterocycles. The van der Waals surface area contributed by atoms with E-state index in [0.717, 1.165) is 24.2 Å². The van der Waals surface area contributed by atoms with Crippen LogP contribution in [0.5, 0.6) is 0 Å². The first-order valence-electron chi connectivity index (χ1n) is 8.07. The van der Waals surface area contributed by atoms with Crippen molar-refractivity contribution >= 4 is 0 Å². The molecule has 21 heavy (non-hydrogen) atoms. The van der Waals surface area contributed by atoms with Crippen LogP contribution < -0.4 is 5.32 Å². The number of pyridine rings is 1. The Hall–Kier alpha value is -0.970. The third kappa shape index (κ3) is 5.73. The molecule has 0 spiro atoms. The number of nitrogens with zero attached hydrogens (tertiary/aromatic N) is 1. The van der Waals surface area contributed by atoms with Gasteiger partial charge in [-0.05, 0) is 37.3 Å². The minimum Gasteiger partial charge on any atom is -0.389 e. The van der Waals surface area contributed by atoms with E-state index in [0.29, 0.717) is 25.2 Å². The lowest BCUT2D eigenvalue weighted by atomic mass is 9.88. The molecule has 1 fully saturated rings. The van der Waals surface area contributed by atoms with Gasteiger partial charge in [0.25, 0.3) is 0 Å². The van der Waals surface area contributed by atoms with E-state index >= 15 is 0 Å². The number of nitrogens with one attached hydrogen (secondary N) is 1. The summed E-state index contributed by atoms with van der Waals surface area (Å²) in [7, 11) is 0. The molecule has 0 aromatic carbocycles. The van der Waals surface area contributed by atoms with Gasteiger partial charge >= 0.3 is 0 Å². The number of aliphatic hydroxyl groups excluding tert-OH is 1. The highest BCUT2D eigenvalue weighted by atomic mass is 16.5. The molecule has 1 saturated carbocycles. The average molecular weight is 292 g/mol. The van der Waals surface area contributed by atoms with Gasteiger partial charge in [0.05, 0.1) is 18.8 Å². The van der Waals surface area contributed by atoms with Crippen molar-refractivity contribution in [3.63, 3.8) is 0 Å². The van der Waals surface area contributed by atoms with Crippen molar-refractivity contribution in [2.24, 2.45) is 5.92 Å². The Balaban J connectivity index is 1.61. The van der Waals surface area contributed by atoms with E-state index in [1.165, 1.54) is 19.3 Å². The summed E-state index contributed by atoms with van der Waals surface area (Å²) in [6.07, 6.45) is 6.71. The molecule has 2 N–H and O–H groups in total. The third-order valence-electron chi connectivity index (χ3n) is 4.22. The average Bonchev–Trinajstić information content (AvgIpc) is 2.48. The molecule has 4 heteroatoms. The van der Waals surface area contributed by atoms with Gasteiger partial charge in [0, 0.05) is 25.0 Å². The van der Waals surface area contributed by atoms with E-state index in [1.807, 2.05) is 19.2 Å². The third-order valence-corrected chi connectivity index (χ3v) is 4.22. The smallest absolute Gasteiger partial charge is 0.0897 e. The first-order chi connectivity index (χ1) is 10.1. The molecule has 1 aromatic rings. The first kappa shape index (κ1) is 16.4. The van der Waals surface area contributed by atoms with Gasteiger partial charge in [-0.15, -0.1) is 0 Å². The zero-order valence-corrected chi connectivity index (χ0v) is 13.2. The molecule has 0 bridgehead atoms. The molecule has 4 nitrogen and oxygen atoms in total. The van der Waals surface area contributed by atoms with Crippen LogP contribution in [0, 0.1) is 12.8 Å². The van der Waals surface area contributed by atoms with Crippen molar-refractivity contribution in [2.75, 3.05) is 13.2 Å². The van der Waals surface area contributed by atoms with Crippen LogP contribution in [0.4, 0.5) is 0 Å². The lowest BCUT2D eigenvalue weighted by Gasteiger charge is -2.29. The van der Waals surface area contributed by atoms with Gasteiger partial charge in [0.2, 0.25) is 0 Å². The number of hydrogen-bond donors (Lipinski definition) is 2. The van der Waals surface area contributed by atoms with Crippen LogP contribution >= 0.6 is 0 Å². The molecule has 2 rings (SSSR count). The summed E-state index contributed by atoms with van der Waals surface area (Å²) in [5.74, 6) is 0.623. The van der Waals surface area contributed by atoms with Crippen LogP contribution in [0.25, 0.3) is 0 Å². The van der Waals surface area contributed by atoms with E-state index in [1.54, 1.807) is 0 Å². The second-order valence-corrected chi connectivity index (χ2v) is 6.23. The number of ether oxygens (including phenoxy) is 1. The second kappa shape index (κ2) is 8.47. The van der Waals surface area contributed by atoms with Gasteiger partial charge < -0.3 is 15.2 Å². The van der Waals surface area contributed by atoms with Crippen molar-refractivity contribution in [1.82, 2.24) is 10.3 Å². The number of aromatic nitrogens is 1. The molecule has 0 aliphatic heterocycles. The Morgan fingerprint density at radius 3 is 2.90 bits per heavy atom. The van der Waals surface area contributed by atoms with Crippen molar-refractivity contribution < 1.29 is 9.84 Å². The first-order valence-corrected chi connectivity index (χ1v) is 8.07. The normalized spacial score (nSPS) is 24.0. The van der Waals surface area contributed by atoms with Crippen LogP contribution in [0.3, 0.4) is 0 Å². The van der Waals surface area contributed by atoms with Crippen molar-refractivity contribution in [1.29, 1.82) is 0 Å². The van der Waals surface area contributed by atoms with Gasteiger partial charge in [0.15, 0.2) is 0 Å².